The van der Waals surface area contributed by atoms with Gasteiger partial charge >= 0.3 is 6.09 Å². The monoisotopic (exact) mass is 386 g/mol. The normalized spacial score (nSPS) is 27.4. The largest absolute Gasteiger partial charge is 0.445 e. The summed E-state index contributed by atoms with van der Waals surface area (Å²) in [5.74, 6) is 2.31. The lowest BCUT2D eigenvalue weighted by Crippen LogP contribution is -2.45. The van der Waals surface area contributed by atoms with Crippen molar-refractivity contribution in [3.63, 3.8) is 0 Å². The van der Waals surface area contributed by atoms with Gasteiger partial charge in [0.2, 0.25) is 0 Å². The summed E-state index contributed by atoms with van der Waals surface area (Å²) in [6, 6.07) is 9.86. The molecule has 1 amide bonds. The highest BCUT2D eigenvalue weighted by molar-refractivity contribution is 5.67. The summed E-state index contributed by atoms with van der Waals surface area (Å²) < 4.78 is 5.47. The van der Waals surface area contributed by atoms with E-state index in [-0.39, 0.29) is 12.2 Å². The molecule has 1 aromatic rings. The Bertz CT molecular complexity index is 616. The number of aliphatic hydroxyl groups excluding tert-OH is 1. The molecule has 28 heavy (non-hydrogen) atoms. The molecule has 1 aliphatic carbocycles. The second-order valence-corrected chi connectivity index (χ2v) is 8.99. The molecule has 4 rings (SSSR count). The van der Waals surface area contributed by atoms with E-state index in [1.165, 1.54) is 32.5 Å². The van der Waals surface area contributed by atoms with Crippen molar-refractivity contribution in [1.29, 1.82) is 0 Å². The second-order valence-electron chi connectivity index (χ2n) is 8.99. The van der Waals surface area contributed by atoms with E-state index in [1.807, 2.05) is 35.2 Å². The lowest BCUT2D eigenvalue weighted by molar-refractivity contribution is -0.00556. The van der Waals surface area contributed by atoms with E-state index in [0.29, 0.717) is 12.5 Å². The van der Waals surface area contributed by atoms with Crippen molar-refractivity contribution < 1.29 is 14.6 Å². The van der Waals surface area contributed by atoms with Crippen LogP contribution in [0.25, 0.3) is 0 Å². The predicted molar refractivity (Wildman–Crippen MR) is 109 cm³/mol. The van der Waals surface area contributed by atoms with Crippen LogP contribution in [0.15, 0.2) is 30.3 Å². The number of rotatable bonds is 5. The fourth-order valence-electron chi connectivity index (χ4n) is 5.10. The van der Waals surface area contributed by atoms with E-state index in [4.69, 9.17) is 4.74 Å². The molecule has 1 saturated carbocycles. The van der Waals surface area contributed by atoms with Crippen molar-refractivity contribution in [2.24, 2.45) is 17.8 Å². The molecule has 5 nitrogen and oxygen atoms in total. The smallest absolute Gasteiger partial charge is 0.410 e. The van der Waals surface area contributed by atoms with Crippen molar-refractivity contribution in [2.75, 3.05) is 32.7 Å². The molecule has 1 aromatic carbocycles. The lowest BCUT2D eigenvalue weighted by atomic mass is 9.70. The van der Waals surface area contributed by atoms with Crippen molar-refractivity contribution in [3.8, 4) is 0 Å². The van der Waals surface area contributed by atoms with Crippen molar-refractivity contribution in [2.45, 2.75) is 51.2 Å². The van der Waals surface area contributed by atoms with Gasteiger partial charge in [-0.1, -0.05) is 30.3 Å². The Morgan fingerprint density at radius 1 is 0.964 bits per heavy atom. The molecule has 3 fully saturated rings. The topological polar surface area (TPSA) is 53.0 Å². The fraction of sp³-hybridized carbons (Fsp3) is 0.696. The van der Waals surface area contributed by atoms with Gasteiger partial charge in [0.25, 0.3) is 0 Å². The maximum absolute atomic E-state index is 12.3. The van der Waals surface area contributed by atoms with Gasteiger partial charge in [-0.25, -0.2) is 4.79 Å². The van der Waals surface area contributed by atoms with Gasteiger partial charge in [-0.15, -0.1) is 0 Å². The van der Waals surface area contributed by atoms with Crippen LogP contribution in [0.1, 0.15) is 44.1 Å². The molecule has 0 radical (unpaired) electrons. The number of ether oxygens (including phenoxy) is 1. The van der Waals surface area contributed by atoms with Crippen molar-refractivity contribution >= 4 is 6.09 Å². The molecule has 2 aliphatic heterocycles. The van der Waals surface area contributed by atoms with Crippen LogP contribution in [-0.4, -0.2) is 59.8 Å². The van der Waals surface area contributed by atoms with E-state index in [2.05, 4.69) is 4.90 Å². The Morgan fingerprint density at radius 3 is 2.29 bits per heavy atom. The summed E-state index contributed by atoms with van der Waals surface area (Å²) in [6.45, 7) is 5.57. The third-order valence-electron chi connectivity index (χ3n) is 7.04. The number of likely N-dealkylation sites (tertiary alicyclic amines) is 2. The van der Waals surface area contributed by atoms with Crippen LogP contribution in [0.4, 0.5) is 4.79 Å². The van der Waals surface area contributed by atoms with E-state index < -0.39 is 0 Å². The summed E-state index contributed by atoms with van der Waals surface area (Å²) in [5.41, 5.74) is 1.03. The van der Waals surface area contributed by atoms with Gasteiger partial charge in [-0.05, 0) is 74.9 Å². The van der Waals surface area contributed by atoms with Crippen LogP contribution in [-0.2, 0) is 11.3 Å². The number of aliphatic hydroxyl groups is 1. The van der Waals surface area contributed by atoms with E-state index in [1.54, 1.807) is 0 Å². The van der Waals surface area contributed by atoms with E-state index in [0.717, 1.165) is 56.2 Å². The van der Waals surface area contributed by atoms with E-state index >= 15 is 0 Å². The van der Waals surface area contributed by atoms with Crippen LogP contribution in [0, 0.1) is 17.8 Å². The van der Waals surface area contributed by atoms with Gasteiger partial charge in [0.05, 0.1) is 6.10 Å². The molecular formula is C23H34N2O3. The van der Waals surface area contributed by atoms with Crippen LogP contribution in [0.5, 0.6) is 0 Å². The van der Waals surface area contributed by atoms with E-state index in [9.17, 15) is 9.90 Å². The highest BCUT2D eigenvalue weighted by atomic mass is 16.6. The van der Waals surface area contributed by atoms with Crippen LogP contribution < -0.4 is 0 Å². The molecule has 0 aromatic heterocycles. The van der Waals surface area contributed by atoms with Crippen LogP contribution in [0.2, 0.25) is 0 Å². The lowest BCUT2D eigenvalue weighted by Gasteiger charge is -2.43. The summed E-state index contributed by atoms with van der Waals surface area (Å²) in [4.78, 5) is 16.8. The molecule has 1 N–H and O–H groups in total. The maximum atomic E-state index is 12.3. The van der Waals surface area contributed by atoms with Gasteiger partial charge in [0.1, 0.15) is 6.61 Å². The molecule has 0 unspecified atom stereocenters. The van der Waals surface area contributed by atoms with Gasteiger partial charge in [-0.3, -0.25) is 0 Å². The zero-order chi connectivity index (χ0) is 19.3. The Hall–Kier alpha value is -1.59. The second kappa shape index (κ2) is 9.27. The van der Waals surface area contributed by atoms with Crippen LogP contribution >= 0.6 is 0 Å². The average Bonchev–Trinajstić information content (AvgIpc) is 2.72. The first-order valence-electron chi connectivity index (χ1n) is 11.0. The zero-order valence-corrected chi connectivity index (χ0v) is 16.8. The number of piperidine rings is 2. The number of amides is 1. The van der Waals surface area contributed by atoms with Gasteiger partial charge in [0, 0.05) is 19.6 Å². The first-order chi connectivity index (χ1) is 13.7. The van der Waals surface area contributed by atoms with Gasteiger partial charge in [-0.2, -0.15) is 0 Å². The van der Waals surface area contributed by atoms with Crippen LogP contribution in [0.3, 0.4) is 0 Å². The highest BCUT2D eigenvalue weighted by Gasteiger charge is 2.36. The maximum Gasteiger partial charge on any atom is 0.410 e. The zero-order valence-electron chi connectivity index (χ0n) is 16.8. The number of hydrogen-bond acceptors (Lipinski definition) is 4. The Labute approximate surface area is 168 Å². The third kappa shape index (κ3) is 5.06. The van der Waals surface area contributed by atoms with Gasteiger partial charge in [0.15, 0.2) is 0 Å². The minimum absolute atomic E-state index is 0.0207. The number of hydrogen-bond donors (Lipinski definition) is 1. The first-order valence-corrected chi connectivity index (χ1v) is 11.0. The molecule has 0 atom stereocenters. The number of carbonyl (C=O) groups is 1. The third-order valence-corrected chi connectivity index (χ3v) is 7.04. The molecule has 154 valence electrons. The molecule has 2 saturated heterocycles. The minimum atomic E-state index is -0.175. The highest BCUT2D eigenvalue weighted by Crippen LogP contribution is 2.39. The van der Waals surface area contributed by atoms with Gasteiger partial charge < -0.3 is 19.6 Å². The first kappa shape index (κ1) is 19.7. The molecular weight excluding hydrogens is 352 g/mol. The Balaban J connectivity index is 1.12. The summed E-state index contributed by atoms with van der Waals surface area (Å²) in [5, 5.41) is 9.52. The number of benzene rings is 1. The quantitative estimate of drug-likeness (QED) is 0.841. The standard InChI is InChI=1S/C23H34N2O3/c26-22-14-21(15-22)20-8-10-24(11-9-20)16-18-6-12-25(13-7-18)23(27)28-17-19-4-2-1-3-5-19/h1-5,18,20-22,26H,6-17H2. The average molecular weight is 387 g/mol. The minimum Gasteiger partial charge on any atom is -0.445 e. The van der Waals surface area contributed by atoms with Crippen molar-refractivity contribution in [3.05, 3.63) is 35.9 Å². The summed E-state index contributed by atoms with van der Waals surface area (Å²) in [6.07, 6.45) is 6.61. The molecule has 2 heterocycles. The van der Waals surface area contributed by atoms with Crippen molar-refractivity contribution in [1.82, 2.24) is 9.80 Å². The molecule has 0 bridgehead atoms. The Morgan fingerprint density at radius 2 is 1.64 bits per heavy atom. The fourth-order valence-corrected chi connectivity index (χ4v) is 5.10. The number of nitrogens with zero attached hydrogens (tertiary/aromatic N) is 2. The Kier molecular flexibility index (Phi) is 6.53. The number of carbonyl (C=O) groups excluding carboxylic acids is 1. The summed E-state index contributed by atoms with van der Waals surface area (Å²) in [7, 11) is 0. The molecule has 5 heteroatoms. The summed E-state index contributed by atoms with van der Waals surface area (Å²) >= 11 is 0. The molecule has 3 aliphatic rings. The molecule has 0 spiro atoms. The SMILES string of the molecule is O=C(OCc1ccccc1)N1CCC(CN2CCC(C3CC(O)C3)CC2)CC1. The predicted octanol–water partition coefficient (Wildman–Crippen LogP) is 3.52.